The molecule has 77 heavy (non-hydrogen) atoms. The predicted octanol–water partition coefficient (Wildman–Crippen LogP) is 17.6. The Hall–Kier alpha value is -10.4. The molecule has 360 valence electrons. The van der Waals surface area contributed by atoms with Crippen molar-refractivity contribution in [3.8, 4) is 56.9 Å². The summed E-state index contributed by atoms with van der Waals surface area (Å²) in [5.41, 5.74) is 17.8. The Morgan fingerprint density at radius 2 is 0.675 bits per heavy atom. The lowest BCUT2D eigenvalue weighted by atomic mass is 10.0. The highest BCUT2D eigenvalue weighted by Gasteiger charge is 2.26. The predicted molar refractivity (Wildman–Crippen MR) is 318 cm³/mol. The molecule has 5 aromatic heterocycles. The third-order valence-corrected chi connectivity index (χ3v) is 15.7. The third kappa shape index (κ3) is 6.47. The average molecular weight is 984 g/mol. The van der Waals surface area contributed by atoms with Gasteiger partial charge in [0.2, 0.25) is 0 Å². The molecule has 0 N–H and O–H groups in total. The second-order valence-electron chi connectivity index (χ2n) is 20.0. The Bertz CT molecular complexity index is 4960. The minimum absolute atomic E-state index is 0.625. The fourth-order valence-corrected chi connectivity index (χ4v) is 12.4. The first-order valence-corrected chi connectivity index (χ1v) is 26.2. The van der Waals surface area contributed by atoms with E-state index in [0.717, 1.165) is 77.8 Å². The monoisotopic (exact) mass is 983 g/mol. The lowest BCUT2D eigenvalue weighted by molar-refractivity contribution is 1.07. The van der Waals surface area contributed by atoms with Crippen LogP contribution in [0, 0.1) is 6.92 Å². The van der Waals surface area contributed by atoms with Crippen LogP contribution in [0.2, 0.25) is 0 Å². The summed E-state index contributed by atoms with van der Waals surface area (Å²) in [5.74, 6) is 1.90. The van der Waals surface area contributed by atoms with E-state index in [9.17, 15) is 0 Å². The molecule has 16 aromatic rings. The molecule has 16 rings (SSSR count). The molecule has 11 aromatic carbocycles. The summed E-state index contributed by atoms with van der Waals surface area (Å²) in [6.07, 6.45) is 0. The van der Waals surface area contributed by atoms with Crippen molar-refractivity contribution < 1.29 is 0 Å². The Kier molecular flexibility index (Phi) is 9.41. The van der Waals surface area contributed by atoms with E-state index in [1.807, 2.05) is 36.4 Å². The van der Waals surface area contributed by atoms with Gasteiger partial charge in [0, 0.05) is 82.5 Å². The molecule has 0 aliphatic carbocycles. The van der Waals surface area contributed by atoms with Gasteiger partial charge < -0.3 is 18.3 Å². The molecule has 0 aliphatic heterocycles. The van der Waals surface area contributed by atoms with Crippen LogP contribution in [-0.2, 0) is 0 Å². The van der Waals surface area contributed by atoms with Crippen LogP contribution in [0.3, 0.4) is 0 Å². The molecule has 0 radical (unpaired) electrons. The largest absolute Gasteiger partial charge is 0.309 e. The minimum Gasteiger partial charge on any atom is -0.309 e. The van der Waals surface area contributed by atoms with Gasteiger partial charge in [-0.15, -0.1) is 0 Å². The Morgan fingerprint density at radius 1 is 0.247 bits per heavy atom. The number of nitrogens with zero attached hydrogens (tertiary/aromatic N) is 7. The molecule has 7 nitrogen and oxygen atoms in total. The van der Waals surface area contributed by atoms with Gasteiger partial charge in [0.15, 0.2) is 17.5 Å². The summed E-state index contributed by atoms with van der Waals surface area (Å²) in [4.78, 5) is 15.3. The number of benzene rings is 11. The summed E-state index contributed by atoms with van der Waals surface area (Å²) in [6, 6.07) is 91.3. The highest BCUT2D eigenvalue weighted by atomic mass is 15.1. The third-order valence-electron chi connectivity index (χ3n) is 15.7. The number of fused-ring (bicyclic) bond motifs is 14. The second kappa shape index (κ2) is 16.8. The number of rotatable bonds is 7. The second-order valence-corrected chi connectivity index (χ2v) is 20.0. The van der Waals surface area contributed by atoms with E-state index < -0.39 is 0 Å². The highest BCUT2D eigenvalue weighted by Crippen LogP contribution is 2.47. The number of aromatic nitrogens is 7. The molecule has 0 fully saturated rings. The molecule has 0 bridgehead atoms. The molecule has 0 saturated heterocycles. The van der Waals surface area contributed by atoms with Crippen molar-refractivity contribution in [2.45, 2.75) is 6.92 Å². The van der Waals surface area contributed by atoms with E-state index in [1.54, 1.807) is 0 Å². The van der Waals surface area contributed by atoms with E-state index in [-0.39, 0.29) is 0 Å². The van der Waals surface area contributed by atoms with Gasteiger partial charge in [-0.05, 0) is 110 Å². The number of hydrogen-bond acceptors (Lipinski definition) is 3. The molecule has 0 atom stereocenters. The van der Waals surface area contributed by atoms with E-state index in [2.05, 4.69) is 244 Å². The van der Waals surface area contributed by atoms with Gasteiger partial charge in [-0.1, -0.05) is 158 Å². The van der Waals surface area contributed by atoms with Gasteiger partial charge in [0.25, 0.3) is 0 Å². The van der Waals surface area contributed by atoms with Crippen molar-refractivity contribution in [3.63, 3.8) is 0 Å². The van der Waals surface area contributed by atoms with Crippen molar-refractivity contribution >= 4 is 87.2 Å². The molecule has 0 unspecified atom stereocenters. The van der Waals surface area contributed by atoms with Crippen LogP contribution in [0.25, 0.3) is 144 Å². The number of aryl methyl sites for hydroxylation is 1. The van der Waals surface area contributed by atoms with Crippen LogP contribution >= 0.6 is 0 Å². The standard InChI is InChI=1S/C70H45N7/c1-44-41-62-65(54-32-18-19-33-57(54)74(62)48-25-11-4-12-26-48)67-63(44)56-43-51(36-39-60(56)77(67)50-29-15-6-16-30-50)75-58-34-20-17-31-53(58)64-61(75)40-37-52-55-42-47(35-38-59(55)76(66(52)64)49-27-13-5-14-28-49)70-72-68(45-21-7-2-8-22-45)71-69(73-70)46-23-9-3-10-24-46/h2-43H,1H3. The molecule has 0 amide bonds. The molecule has 0 spiro atoms. The maximum absolute atomic E-state index is 5.15. The topological polar surface area (TPSA) is 58.4 Å². The quantitative estimate of drug-likeness (QED) is 0.160. The van der Waals surface area contributed by atoms with Gasteiger partial charge in [-0.25, -0.2) is 15.0 Å². The Balaban J connectivity index is 0.961. The van der Waals surface area contributed by atoms with E-state index >= 15 is 0 Å². The van der Waals surface area contributed by atoms with Crippen molar-refractivity contribution in [2.75, 3.05) is 0 Å². The van der Waals surface area contributed by atoms with Crippen LogP contribution in [0.5, 0.6) is 0 Å². The van der Waals surface area contributed by atoms with Gasteiger partial charge in [0.05, 0.1) is 44.1 Å². The SMILES string of the molecule is Cc1cc2c(c3ccccc3n2-c2ccccc2)c2c1c1cc(-n3c4ccccc4c4c3ccc3c5cc(-c6nc(-c7ccccc7)nc(-c7ccccc7)n6)ccc5n(-c5ccccc5)c34)ccc1n2-c1ccccc1. The zero-order chi connectivity index (χ0) is 50.7. The number of para-hydroxylation sites is 5. The number of hydrogen-bond donors (Lipinski definition) is 0. The van der Waals surface area contributed by atoms with Gasteiger partial charge in [-0.2, -0.15) is 0 Å². The molecular weight excluding hydrogens is 939 g/mol. The first-order chi connectivity index (χ1) is 38.1. The fourth-order valence-electron chi connectivity index (χ4n) is 12.4. The van der Waals surface area contributed by atoms with E-state index in [0.29, 0.717) is 17.5 Å². The molecule has 0 aliphatic rings. The van der Waals surface area contributed by atoms with Crippen LogP contribution in [-0.4, -0.2) is 33.2 Å². The zero-order valence-corrected chi connectivity index (χ0v) is 41.9. The van der Waals surface area contributed by atoms with Gasteiger partial charge in [-0.3, -0.25) is 0 Å². The smallest absolute Gasteiger partial charge is 0.164 e. The minimum atomic E-state index is 0.625. The summed E-state index contributed by atoms with van der Waals surface area (Å²) in [7, 11) is 0. The fraction of sp³-hybridized carbons (Fsp3) is 0.0143. The summed E-state index contributed by atoms with van der Waals surface area (Å²) >= 11 is 0. The Labute approximate surface area is 442 Å². The first kappa shape index (κ1) is 43.1. The summed E-state index contributed by atoms with van der Waals surface area (Å²) in [5, 5.41) is 9.57. The highest BCUT2D eigenvalue weighted by molar-refractivity contribution is 6.29. The molecule has 0 saturated carbocycles. The van der Waals surface area contributed by atoms with Gasteiger partial charge >= 0.3 is 0 Å². The summed E-state index contributed by atoms with van der Waals surface area (Å²) < 4.78 is 9.85. The Morgan fingerprint density at radius 3 is 1.26 bits per heavy atom. The maximum atomic E-state index is 5.15. The summed E-state index contributed by atoms with van der Waals surface area (Å²) in [6.45, 7) is 2.28. The lowest BCUT2D eigenvalue weighted by Crippen LogP contribution is -2.00. The van der Waals surface area contributed by atoms with E-state index in [4.69, 9.17) is 15.0 Å². The average Bonchev–Trinajstić information content (AvgIpc) is 4.25. The first-order valence-electron chi connectivity index (χ1n) is 26.2. The zero-order valence-electron chi connectivity index (χ0n) is 41.9. The van der Waals surface area contributed by atoms with Crippen molar-refractivity contribution in [1.82, 2.24) is 33.2 Å². The molecule has 7 heteroatoms. The van der Waals surface area contributed by atoms with Crippen LogP contribution in [0.4, 0.5) is 0 Å². The lowest BCUT2D eigenvalue weighted by Gasteiger charge is -2.11. The van der Waals surface area contributed by atoms with Gasteiger partial charge in [0.1, 0.15) is 0 Å². The van der Waals surface area contributed by atoms with Crippen molar-refractivity contribution in [1.29, 1.82) is 0 Å². The maximum Gasteiger partial charge on any atom is 0.164 e. The van der Waals surface area contributed by atoms with E-state index in [1.165, 1.54) is 54.4 Å². The molecule has 5 heterocycles. The van der Waals surface area contributed by atoms with Crippen LogP contribution in [0.15, 0.2) is 255 Å². The molecular formula is C70H45N7. The van der Waals surface area contributed by atoms with Crippen molar-refractivity contribution in [2.24, 2.45) is 0 Å². The van der Waals surface area contributed by atoms with Crippen molar-refractivity contribution in [3.05, 3.63) is 260 Å². The normalized spacial score (nSPS) is 12.0. The van der Waals surface area contributed by atoms with Crippen LogP contribution < -0.4 is 0 Å². The van der Waals surface area contributed by atoms with Crippen LogP contribution in [0.1, 0.15) is 5.56 Å².